The highest BCUT2D eigenvalue weighted by Gasteiger charge is 2.24. The van der Waals surface area contributed by atoms with Gasteiger partial charge in [0.25, 0.3) is 0 Å². The Morgan fingerprint density at radius 3 is 2.64 bits per heavy atom. The summed E-state index contributed by atoms with van der Waals surface area (Å²) in [5.74, 6) is 0.181. The average Bonchev–Trinajstić information content (AvgIpc) is 2.45. The minimum Gasteiger partial charge on any atom is -0.378 e. The van der Waals surface area contributed by atoms with Crippen LogP contribution in [0.1, 0.15) is 19.4 Å². The smallest absolute Gasteiger partial charge is 0.191 e. The molecule has 1 aliphatic heterocycles. The summed E-state index contributed by atoms with van der Waals surface area (Å²) in [4.78, 5) is 6.48. The van der Waals surface area contributed by atoms with Gasteiger partial charge in [-0.05, 0) is 17.7 Å². The minimum absolute atomic E-state index is 0. The van der Waals surface area contributed by atoms with Crippen LogP contribution in [-0.4, -0.2) is 43.7 Å². The van der Waals surface area contributed by atoms with Crippen molar-refractivity contribution in [3.8, 4) is 0 Å². The lowest BCUT2D eigenvalue weighted by Crippen LogP contribution is -2.45. The van der Waals surface area contributed by atoms with E-state index in [-0.39, 0.29) is 35.2 Å². The minimum atomic E-state index is -0.337. The molecular weight excluding hydrogens is 420 g/mol. The molecule has 1 heterocycles. The molecule has 22 heavy (non-hydrogen) atoms. The van der Waals surface area contributed by atoms with Crippen LogP contribution in [0.3, 0.4) is 0 Å². The molecule has 0 bridgehead atoms. The van der Waals surface area contributed by atoms with Gasteiger partial charge in [-0.3, -0.25) is 4.99 Å². The van der Waals surface area contributed by atoms with Crippen molar-refractivity contribution in [2.45, 2.75) is 19.3 Å². The molecule has 4 nitrogen and oxygen atoms in total. The van der Waals surface area contributed by atoms with Crippen LogP contribution >= 0.6 is 35.6 Å². The highest BCUT2D eigenvalue weighted by Crippen LogP contribution is 2.30. The number of ether oxygens (including phenoxy) is 1. The Hall–Kier alpha value is -0.600. The summed E-state index contributed by atoms with van der Waals surface area (Å²) in [5.41, 5.74) is 6.57. The van der Waals surface area contributed by atoms with Crippen LogP contribution in [0.5, 0.6) is 0 Å². The summed E-state index contributed by atoms with van der Waals surface area (Å²) < 4.78 is 18.4. The number of benzene rings is 1. The quantitative estimate of drug-likeness (QED) is 0.446. The Bertz CT molecular complexity index is 534. The van der Waals surface area contributed by atoms with Crippen molar-refractivity contribution in [3.63, 3.8) is 0 Å². The predicted octanol–water partition coefficient (Wildman–Crippen LogP) is 3.02. The van der Waals surface area contributed by atoms with E-state index in [4.69, 9.17) is 22.1 Å². The maximum Gasteiger partial charge on any atom is 0.191 e. The molecule has 0 aromatic heterocycles. The monoisotopic (exact) mass is 441 g/mol. The van der Waals surface area contributed by atoms with E-state index in [2.05, 4.69) is 4.99 Å². The second-order valence-electron chi connectivity index (χ2n) is 5.78. The van der Waals surface area contributed by atoms with E-state index in [1.807, 2.05) is 18.7 Å². The largest absolute Gasteiger partial charge is 0.378 e. The van der Waals surface area contributed by atoms with Crippen molar-refractivity contribution in [2.24, 2.45) is 10.7 Å². The number of nitrogens with zero attached hydrogens (tertiary/aromatic N) is 2. The predicted molar refractivity (Wildman–Crippen MR) is 98.7 cm³/mol. The summed E-state index contributed by atoms with van der Waals surface area (Å²) >= 11 is 6.13. The maximum atomic E-state index is 13.1. The molecule has 124 valence electrons. The van der Waals surface area contributed by atoms with Gasteiger partial charge in [0.05, 0.1) is 19.8 Å². The van der Waals surface area contributed by atoms with E-state index >= 15 is 0 Å². The third-order valence-corrected chi connectivity index (χ3v) is 3.94. The second-order valence-corrected chi connectivity index (χ2v) is 6.19. The van der Waals surface area contributed by atoms with Gasteiger partial charge in [-0.1, -0.05) is 31.5 Å². The first-order valence-corrected chi connectivity index (χ1v) is 7.36. The normalized spacial score (nSPS) is 16.4. The molecule has 0 spiro atoms. The number of hydrogen-bond donors (Lipinski definition) is 1. The lowest BCUT2D eigenvalue weighted by molar-refractivity contribution is 0.0674. The van der Waals surface area contributed by atoms with Gasteiger partial charge in [0.1, 0.15) is 5.82 Å². The Kier molecular flexibility index (Phi) is 7.34. The van der Waals surface area contributed by atoms with Crippen LogP contribution in [0.2, 0.25) is 5.02 Å². The second kappa shape index (κ2) is 8.31. The molecule has 0 aliphatic carbocycles. The van der Waals surface area contributed by atoms with Crippen molar-refractivity contribution in [3.05, 3.63) is 34.6 Å². The van der Waals surface area contributed by atoms with E-state index in [0.717, 1.165) is 18.7 Å². The third-order valence-electron chi connectivity index (χ3n) is 3.63. The molecule has 2 rings (SSSR count). The van der Waals surface area contributed by atoms with Gasteiger partial charge in [-0.25, -0.2) is 4.39 Å². The maximum absolute atomic E-state index is 13.1. The number of rotatable bonds is 3. The zero-order chi connectivity index (χ0) is 15.5. The van der Waals surface area contributed by atoms with Crippen molar-refractivity contribution < 1.29 is 9.13 Å². The summed E-state index contributed by atoms with van der Waals surface area (Å²) in [7, 11) is 0. The Labute approximate surface area is 152 Å². The highest BCUT2D eigenvalue weighted by molar-refractivity contribution is 14.0. The molecule has 1 fully saturated rings. The molecule has 0 unspecified atom stereocenters. The number of guanidine groups is 1. The molecule has 0 amide bonds. The lowest BCUT2D eigenvalue weighted by Gasteiger charge is -2.29. The fourth-order valence-electron chi connectivity index (χ4n) is 2.29. The van der Waals surface area contributed by atoms with Crippen LogP contribution < -0.4 is 5.73 Å². The lowest BCUT2D eigenvalue weighted by atomic mass is 9.84. The highest BCUT2D eigenvalue weighted by atomic mass is 127. The van der Waals surface area contributed by atoms with Crippen molar-refractivity contribution in [1.29, 1.82) is 0 Å². The van der Waals surface area contributed by atoms with Gasteiger partial charge in [-0.15, -0.1) is 24.0 Å². The summed E-state index contributed by atoms with van der Waals surface area (Å²) in [5, 5.41) is 0.417. The Balaban J connectivity index is 0.00000242. The molecule has 2 N–H and O–H groups in total. The van der Waals surface area contributed by atoms with Crippen LogP contribution in [-0.2, 0) is 10.2 Å². The zero-order valence-electron chi connectivity index (χ0n) is 12.8. The SMILES string of the molecule is CC(C)(CN=C(N)N1CCOCC1)c1ccc(F)cc1Cl.I. The first kappa shape index (κ1) is 19.4. The molecule has 0 saturated carbocycles. The third kappa shape index (κ3) is 4.96. The first-order valence-electron chi connectivity index (χ1n) is 6.98. The van der Waals surface area contributed by atoms with Gasteiger partial charge < -0.3 is 15.4 Å². The molecule has 0 atom stereocenters. The van der Waals surface area contributed by atoms with E-state index in [1.165, 1.54) is 12.1 Å². The molecule has 7 heteroatoms. The summed E-state index contributed by atoms with van der Waals surface area (Å²) in [6.45, 7) is 7.37. The molecular formula is C15H22ClFIN3O. The number of hydrogen-bond acceptors (Lipinski definition) is 2. The first-order chi connectivity index (χ1) is 9.90. The van der Waals surface area contributed by atoms with Crippen molar-refractivity contribution in [1.82, 2.24) is 4.90 Å². The Morgan fingerprint density at radius 2 is 2.05 bits per heavy atom. The van der Waals surface area contributed by atoms with Gasteiger partial charge in [0, 0.05) is 23.5 Å². The van der Waals surface area contributed by atoms with Crippen molar-refractivity contribution in [2.75, 3.05) is 32.8 Å². The molecule has 1 aliphatic rings. The molecule has 1 aromatic carbocycles. The van der Waals surface area contributed by atoms with E-state index < -0.39 is 0 Å². The number of aliphatic imine (C=N–C) groups is 1. The molecule has 1 aromatic rings. The topological polar surface area (TPSA) is 50.8 Å². The summed E-state index contributed by atoms with van der Waals surface area (Å²) in [6.07, 6.45) is 0. The molecule has 1 saturated heterocycles. The van der Waals surface area contributed by atoms with Crippen molar-refractivity contribution >= 4 is 41.5 Å². The summed E-state index contributed by atoms with van der Waals surface area (Å²) in [6, 6.07) is 4.45. The van der Waals surface area contributed by atoms with Gasteiger partial charge >= 0.3 is 0 Å². The fourth-order valence-corrected chi connectivity index (χ4v) is 2.72. The number of nitrogens with two attached hydrogens (primary N) is 1. The van der Waals surface area contributed by atoms with E-state index in [9.17, 15) is 4.39 Å². The number of halogens is 3. The van der Waals surface area contributed by atoms with Gasteiger partial charge in [0.2, 0.25) is 0 Å². The van der Waals surface area contributed by atoms with Crippen LogP contribution in [0.15, 0.2) is 23.2 Å². The Morgan fingerprint density at radius 1 is 1.41 bits per heavy atom. The van der Waals surface area contributed by atoms with E-state index in [0.29, 0.717) is 30.7 Å². The average molecular weight is 442 g/mol. The zero-order valence-corrected chi connectivity index (χ0v) is 15.9. The standard InChI is InChI=1S/C15H21ClFN3O.HI/c1-15(2,12-4-3-11(17)9-13(12)16)10-19-14(18)20-5-7-21-8-6-20;/h3-4,9H,5-8,10H2,1-2H3,(H2,18,19);1H. The molecule has 0 radical (unpaired) electrons. The van der Waals surface area contributed by atoms with Crippen LogP contribution in [0.25, 0.3) is 0 Å². The number of morpholine rings is 1. The van der Waals surface area contributed by atoms with Gasteiger partial charge in [0.15, 0.2) is 5.96 Å². The fraction of sp³-hybridized carbons (Fsp3) is 0.533. The van der Waals surface area contributed by atoms with Crippen LogP contribution in [0, 0.1) is 5.82 Å². The van der Waals surface area contributed by atoms with E-state index in [1.54, 1.807) is 6.07 Å². The van der Waals surface area contributed by atoms with Crippen LogP contribution in [0.4, 0.5) is 4.39 Å². The van der Waals surface area contributed by atoms with Gasteiger partial charge in [-0.2, -0.15) is 0 Å².